The maximum absolute atomic E-state index is 10.8. The lowest BCUT2D eigenvalue weighted by Gasteiger charge is -2.39. The minimum atomic E-state index is -4.87. The largest absolute Gasteiger partial charge is 0.497 e. The molecule has 2 rings (SSSR count). The summed E-state index contributed by atoms with van der Waals surface area (Å²) in [5, 5.41) is 42.4. The van der Waals surface area contributed by atoms with E-state index in [2.05, 4.69) is 9.44 Å². The minimum Gasteiger partial charge on any atom is -0.497 e. The van der Waals surface area contributed by atoms with Crippen LogP contribution in [0.3, 0.4) is 0 Å². The molecule has 5 N–H and O–H groups in total. The van der Waals surface area contributed by atoms with Crippen molar-refractivity contribution in [3.8, 4) is 5.75 Å². The molecule has 1 saturated heterocycles. The van der Waals surface area contributed by atoms with Crippen LogP contribution in [0.1, 0.15) is 5.56 Å². The molecular weight excluding hydrogens is 418 g/mol. The van der Waals surface area contributed by atoms with Crippen LogP contribution in [-0.4, -0.2) is 82.0 Å². The van der Waals surface area contributed by atoms with Gasteiger partial charge in [0.15, 0.2) is 0 Å². The lowest BCUT2D eigenvalue weighted by molar-refractivity contribution is -0.205. The van der Waals surface area contributed by atoms with Crippen molar-refractivity contribution in [2.24, 2.45) is 5.16 Å². The second kappa shape index (κ2) is 9.84. The van der Waals surface area contributed by atoms with Crippen molar-refractivity contribution >= 4 is 27.2 Å². The van der Waals surface area contributed by atoms with Crippen molar-refractivity contribution in [1.82, 2.24) is 0 Å². The van der Waals surface area contributed by atoms with Gasteiger partial charge in [0.1, 0.15) is 40.6 Å². The zero-order valence-electron chi connectivity index (χ0n) is 14.7. The number of oxime groups is 1. The Kier molecular flexibility index (Phi) is 8.03. The molecule has 0 radical (unpaired) electrons. The summed E-state index contributed by atoms with van der Waals surface area (Å²) in [5.41, 5.74) is -0.570. The highest BCUT2D eigenvalue weighted by Crippen LogP contribution is 2.30. The highest BCUT2D eigenvalue weighted by molar-refractivity contribution is 8.14. The molecule has 1 aliphatic heterocycles. The van der Waals surface area contributed by atoms with E-state index in [1.807, 2.05) is 0 Å². The van der Waals surface area contributed by atoms with E-state index in [-0.39, 0.29) is 11.5 Å². The van der Waals surface area contributed by atoms with Gasteiger partial charge in [0.2, 0.25) is 0 Å². The van der Waals surface area contributed by atoms with E-state index in [4.69, 9.17) is 14.0 Å². The summed E-state index contributed by atoms with van der Waals surface area (Å²) in [6, 6.07) is 6.73. The van der Waals surface area contributed by atoms with Crippen LogP contribution in [0.2, 0.25) is 0 Å². The van der Waals surface area contributed by atoms with E-state index >= 15 is 0 Å². The first-order valence-corrected chi connectivity index (χ1v) is 10.2. The molecule has 0 amide bonds. The predicted molar refractivity (Wildman–Crippen MR) is 98.1 cm³/mol. The van der Waals surface area contributed by atoms with Gasteiger partial charge in [-0.05, 0) is 17.7 Å². The minimum absolute atomic E-state index is 0.00636. The first-order valence-electron chi connectivity index (χ1n) is 7.97. The van der Waals surface area contributed by atoms with Crippen molar-refractivity contribution in [3.63, 3.8) is 0 Å². The van der Waals surface area contributed by atoms with Gasteiger partial charge in [0.05, 0.1) is 13.7 Å². The van der Waals surface area contributed by atoms with E-state index in [9.17, 15) is 28.8 Å². The topological polar surface area (TPSA) is 175 Å². The Morgan fingerprint density at radius 3 is 2.57 bits per heavy atom. The summed E-state index contributed by atoms with van der Waals surface area (Å²) >= 11 is 0.702. The summed E-state index contributed by atoms with van der Waals surface area (Å²) in [6.45, 7) is -0.619. The molecule has 13 heteroatoms. The fraction of sp³-hybridized carbons (Fsp3) is 0.533. The zero-order chi connectivity index (χ0) is 20.9. The molecule has 5 atom stereocenters. The van der Waals surface area contributed by atoms with Gasteiger partial charge >= 0.3 is 10.4 Å². The quantitative estimate of drug-likeness (QED) is 0.151. The molecule has 0 saturated carbocycles. The molecule has 0 aromatic heterocycles. The molecule has 28 heavy (non-hydrogen) atoms. The molecule has 1 aromatic rings. The van der Waals surface area contributed by atoms with Crippen molar-refractivity contribution in [3.05, 3.63) is 29.8 Å². The third kappa shape index (κ3) is 6.28. The number of hydrogen-bond acceptors (Lipinski definition) is 11. The molecule has 1 fully saturated rings. The van der Waals surface area contributed by atoms with Crippen LogP contribution >= 0.6 is 11.8 Å². The number of ether oxygens (including phenoxy) is 2. The van der Waals surface area contributed by atoms with Crippen LogP contribution in [-0.2, 0) is 25.8 Å². The monoisotopic (exact) mass is 439 g/mol. The third-order valence-electron chi connectivity index (χ3n) is 3.82. The Morgan fingerprint density at radius 1 is 1.25 bits per heavy atom. The van der Waals surface area contributed by atoms with Crippen LogP contribution in [0.25, 0.3) is 0 Å². The SMILES string of the molecule is COc1cccc(C/C(=N\OS(=O)(=O)O)S[C@@H]2O[C@H](CO)[C@@H](O)[C@H](O)[C@H]2O)c1. The van der Waals surface area contributed by atoms with Gasteiger partial charge in [-0.25, -0.2) is 4.28 Å². The Balaban J connectivity index is 2.23. The summed E-state index contributed by atoms with van der Waals surface area (Å²) in [6.07, 6.45) is -5.85. The molecular formula is C15H21NO10S2. The van der Waals surface area contributed by atoms with Gasteiger partial charge < -0.3 is 29.9 Å². The first kappa shape index (κ1) is 22.8. The van der Waals surface area contributed by atoms with Gasteiger partial charge in [-0.3, -0.25) is 4.55 Å². The van der Waals surface area contributed by atoms with Gasteiger partial charge in [0, 0.05) is 6.42 Å². The molecule has 0 bridgehead atoms. The van der Waals surface area contributed by atoms with Gasteiger partial charge in [-0.15, -0.1) is 0 Å². The number of nitrogens with zero attached hydrogens (tertiary/aromatic N) is 1. The molecule has 0 unspecified atom stereocenters. The van der Waals surface area contributed by atoms with E-state index in [0.717, 1.165) is 0 Å². The van der Waals surface area contributed by atoms with E-state index < -0.39 is 46.9 Å². The average molecular weight is 439 g/mol. The molecule has 0 aliphatic carbocycles. The van der Waals surface area contributed by atoms with Crippen LogP contribution in [0, 0.1) is 0 Å². The Labute approximate surface area is 165 Å². The molecule has 0 spiro atoms. The Hall–Kier alpha value is -1.45. The number of hydrogen-bond donors (Lipinski definition) is 5. The fourth-order valence-corrected chi connectivity index (χ4v) is 3.77. The van der Waals surface area contributed by atoms with E-state index in [1.54, 1.807) is 24.3 Å². The molecule has 1 aromatic carbocycles. The number of aliphatic hydroxyl groups excluding tert-OH is 4. The number of rotatable bonds is 7. The Morgan fingerprint density at radius 2 is 1.96 bits per heavy atom. The van der Waals surface area contributed by atoms with Crippen molar-refractivity contribution in [2.75, 3.05) is 13.7 Å². The summed E-state index contributed by atoms with van der Waals surface area (Å²) < 4.78 is 45.0. The van der Waals surface area contributed by atoms with Crippen molar-refractivity contribution in [2.45, 2.75) is 36.3 Å². The van der Waals surface area contributed by atoms with Crippen LogP contribution in [0.5, 0.6) is 5.75 Å². The smallest absolute Gasteiger partial charge is 0.466 e. The third-order valence-corrected chi connectivity index (χ3v) is 5.20. The molecule has 11 nitrogen and oxygen atoms in total. The number of methoxy groups -OCH3 is 1. The molecule has 1 aliphatic rings. The van der Waals surface area contributed by atoms with E-state index in [1.165, 1.54) is 7.11 Å². The lowest BCUT2D eigenvalue weighted by Crippen LogP contribution is -2.57. The number of benzene rings is 1. The summed E-state index contributed by atoms with van der Waals surface area (Å²) in [7, 11) is -3.40. The predicted octanol–water partition coefficient (Wildman–Crippen LogP) is -1.10. The van der Waals surface area contributed by atoms with Crippen LogP contribution in [0.4, 0.5) is 0 Å². The summed E-state index contributed by atoms with van der Waals surface area (Å²) in [4.78, 5) is 0. The molecule has 158 valence electrons. The number of thioether (sulfide) groups is 1. The highest BCUT2D eigenvalue weighted by Gasteiger charge is 2.44. The van der Waals surface area contributed by atoms with E-state index in [0.29, 0.717) is 23.1 Å². The highest BCUT2D eigenvalue weighted by atomic mass is 32.3. The van der Waals surface area contributed by atoms with Gasteiger partial charge in [-0.2, -0.15) is 8.42 Å². The van der Waals surface area contributed by atoms with Crippen molar-refractivity contribution < 1.29 is 47.2 Å². The van der Waals surface area contributed by atoms with Crippen LogP contribution < -0.4 is 4.74 Å². The normalized spacial score (nSPS) is 28.8. The fourth-order valence-electron chi connectivity index (χ4n) is 2.44. The second-order valence-corrected chi connectivity index (χ2v) is 8.01. The van der Waals surface area contributed by atoms with Crippen molar-refractivity contribution in [1.29, 1.82) is 0 Å². The standard InChI is InChI=1S/C15H21NO10S2/c1-24-9-4-2-3-8(5-9)6-11(16-26-28(21,22)23)27-15-14(20)13(19)12(18)10(7-17)25-15/h2-5,10,12-15,17-20H,6-7H2,1H3,(H,21,22,23)/b16-11+/t10-,12-,13+,14-,15+/m1/s1. The lowest BCUT2D eigenvalue weighted by atomic mass is 10.0. The van der Waals surface area contributed by atoms with Gasteiger partial charge in [0.25, 0.3) is 0 Å². The van der Waals surface area contributed by atoms with Gasteiger partial charge in [-0.1, -0.05) is 29.1 Å². The second-order valence-electron chi connectivity index (χ2n) is 5.83. The maximum Gasteiger partial charge on any atom is 0.466 e. The van der Waals surface area contributed by atoms with Crippen LogP contribution in [0.15, 0.2) is 29.4 Å². The number of aliphatic hydroxyl groups is 4. The Bertz CT molecular complexity index is 785. The first-order chi connectivity index (χ1) is 13.1. The zero-order valence-corrected chi connectivity index (χ0v) is 16.3. The summed E-state index contributed by atoms with van der Waals surface area (Å²) in [5.74, 6) is 0.533. The molecule has 1 heterocycles. The average Bonchev–Trinajstić information content (AvgIpc) is 2.66. The maximum atomic E-state index is 10.8.